The van der Waals surface area contributed by atoms with Gasteiger partial charge in [0, 0.05) is 16.4 Å². The van der Waals surface area contributed by atoms with Gasteiger partial charge in [-0.2, -0.15) is 0 Å². The summed E-state index contributed by atoms with van der Waals surface area (Å²) in [5, 5.41) is 52.8. The van der Waals surface area contributed by atoms with Gasteiger partial charge in [-0.1, -0.05) is 42.5 Å². The van der Waals surface area contributed by atoms with Gasteiger partial charge in [0.1, 0.15) is 36.3 Å². The molecule has 4 rings (SSSR count). The van der Waals surface area contributed by atoms with Crippen molar-refractivity contribution in [2.24, 2.45) is 0 Å². The zero-order valence-electron chi connectivity index (χ0n) is 16.8. The van der Waals surface area contributed by atoms with Crippen molar-refractivity contribution in [3.05, 3.63) is 87.6 Å². The van der Waals surface area contributed by atoms with Gasteiger partial charge < -0.3 is 30.3 Å². The largest absolute Gasteiger partial charge is 0.508 e. The Bertz CT molecular complexity index is 975. The lowest BCUT2D eigenvalue weighted by Crippen LogP contribution is -2.55. The number of phenols is 1. The number of rotatable bonds is 6. The number of aromatic hydroxyl groups is 1. The summed E-state index contributed by atoms with van der Waals surface area (Å²) in [6.07, 6.45) is -5.77. The molecule has 1 unspecified atom stereocenters. The molecular formula is C24H26O6S. The monoisotopic (exact) mass is 442 g/mol. The normalized spacial score (nSPS) is 27.2. The Balaban J connectivity index is 1.71. The molecule has 31 heavy (non-hydrogen) atoms. The smallest absolute Gasteiger partial charge is 0.121 e. The number of hydrogen-bond donors (Lipinski definition) is 5. The summed E-state index contributed by atoms with van der Waals surface area (Å²) < 4.78 is 5.67. The first-order valence-corrected chi connectivity index (χ1v) is 11.1. The van der Waals surface area contributed by atoms with Crippen LogP contribution >= 0.6 is 11.3 Å². The number of benzene rings is 2. The summed E-state index contributed by atoms with van der Waals surface area (Å²) in [7, 11) is 0. The van der Waals surface area contributed by atoms with Gasteiger partial charge in [-0.3, -0.25) is 0 Å². The fourth-order valence-corrected chi connectivity index (χ4v) is 4.95. The third-order valence-electron chi connectivity index (χ3n) is 5.82. The average Bonchev–Trinajstić information content (AvgIpc) is 3.32. The molecule has 0 spiro atoms. The SMILES string of the molecule is OC[C@H]1O[C@@H](c2cc(C(Cc3ccccc3)c3cccs3)ccc2O)[C@H](O)[C@@H](O)[C@@H]1O. The standard InChI is InChI=1S/C24H26O6S/c25-13-19-21(27)22(28)23(29)24(30-19)17-12-15(8-9-18(17)26)16(20-7-4-10-31-20)11-14-5-2-1-3-6-14/h1-10,12,16,19,21-29H,11,13H2/t16?,19-,21-,22+,23-,24+/m1/s1. The quantitative estimate of drug-likeness (QED) is 0.401. The van der Waals surface area contributed by atoms with Crippen LogP contribution in [0.4, 0.5) is 0 Å². The second-order valence-corrected chi connectivity index (χ2v) is 8.80. The van der Waals surface area contributed by atoms with Gasteiger partial charge in [-0.15, -0.1) is 11.3 Å². The van der Waals surface area contributed by atoms with E-state index in [1.54, 1.807) is 23.5 Å². The molecule has 1 fully saturated rings. The molecule has 1 aromatic heterocycles. The van der Waals surface area contributed by atoms with Crippen molar-refractivity contribution in [1.29, 1.82) is 0 Å². The highest BCUT2D eigenvalue weighted by Gasteiger charge is 2.44. The highest BCUT2D eigenvalue weighted by atomic mass is 32.1. The van der Waals surface area contributed by atoms with E-state index in [4.69, 9.17) is 4.74 Å². The van der Waals surface area contributed by atoms with Crippen molar-refractivity contribution in [3.63, 3.8) is 0 Å². The van der Waals surface area contributed by atoms with Crippen LogP contribution in [0.15, 0.2) is 66.0 Å². The molecule has 0 bridgehead atoms. The Kier molecular flexibility index (Phi) is 6.71. The van der Waals surface area contributed by atoms with Crippen molar-refractivity contribution in [2.75, 3.05) is 6.61 Å². The molecule has 7 heteroatoms. The predicted octanol–water partition coefficient (Wildman–Crippen LogP) is 2.34. The molecule has 0 aliphatic carbocycles. The molecule has 1 saturated heterocycles. The number of ether oxygens (including phenoxy) is 1. The van der Waals surface area contributed by atoms with Crippen LogP contribution in [-0.4, -0.2) is 56.6 Å². The lowest BCUT2D eigenvalue weighted by Gasteiger charge is -2.40. The molecule has 1 aliphatic heterocycles. The fraction of sp³-hybridized carbons (Fsp3) is 0.333. The van der Waals surface area contributed by atoms with Crippen LogP contribution in [0.3, 0.4) is 0 Å². The van der Waals surface area contributed by atoms with Crippen LogP contribution in [0.25, 0.3) is 0 Å². The summed E-state index contributed by atoms with van der Waals surface area (Å²) in [4.78, 5) is 1.16. The number of aliphatic hydroxyl groups excluding tert-OH is 4. The molecule has 164 valence electrons. The lowest BCUT2D eigenvalue weighted by atomic mass is 9.86. The summed E-state index contributed by atoms with van der Waals surface area (Å²) in [5.74, 6) is -0.0654. The molecule has 5 N–H and O–H groups in total. The zero-order chi connectivity index (χ0) is 22.0. The summed E-state index contributed by atoms with van der Waals surface area (Å²) in [6.45, 7) is -0.520. The summed E-state index contributed by atoms with van der Waals surface area (Å²) in [5.41, 5.74) is 2.41. The van der Waals surface area contributed by atoms with E-state index >= 15 is 0 Å². The first-order valence-electron chi connectivity index (χ1n) is 10.2. The highest BCUT2D eigenvalue weighted by molar-refractivity contribution is 7.10. The number of aliphatic hydroxyl groups is 4. The van der Waals surface area contributed by atoms with E-state index in [1.165, 1.54) is 5.56 Å². The Labute approximate surface area is 184 Å². The molecular weight excluding hydrogens is 416 g/mol. The predicted molar refractivity (Wildman–Crippen MR) is 117 cm³/mol. The van der Waals surface area contributed by atoms with Gasteiger partial charge in [-0.25, -0.2) is 0 Å². The molecule has 2 aromatic carbocycles. The Morgan fingerprint density at radius 1 is 0.903 bits per heavy atom. The fourth-order valence-electron chi connectivity index (χ4n) is 4.10. The van der Waals surface area contributed by atoms with Crippen LogP contribution in [0, 0.1) is 0 Å². The molecule has 3 aromatic rings. The van der Waals surface area contributed by atoms with Crippen LogP contribution in [0.5, 0.6) is 5.75 Å². The van der Waals surface area contributed by atoms with E-state index in [2.05, 4.69) is 18.2 Å². The second kappa shape index (κ2) is 9.48. The van der Waals surface area contributed by atoms with Gasteiger partial charge in [0.15, 0.2) is 0 Å². The van der Waals surface area contributed by atoms with E-state index < -0.39 is 37.1 Å². The third kappa shape index (κ3) is 4.52. The summed E-state index contributed by atoms with van der Waals surface area (Å²) >= 11 is 1.65. The molecule has 0 saturated carbocycles. The van der Waals surface area contributed by atoms with Crippen molar-refractivity contribution >= 4 is 11.3 Å². The highest BCUT2D eigenvalue weighted by Crippen LogP contribution is 2.40. The minimum atomic E-state index is -1.50. The van der Waals surface area contributed by atoms with Gasteiger partial charge in [0.25, 0.3) is 0 Å². The molecule has 0 radical (unpaired) electrons. The van der Waals surface area contributed by atoms with Crippen molar-refractivity contribution in [1.82, 2.24) is 0 Å². The zero-order valence-corrected chi connectivity index (χ0v) is 17.6. The van der Waals surface area contributed by atoms with E-state index in [9.17, 15) is 25.5 Å². The minimum absolute atomic E-state index is 0.0200. The van der Waals surface area contributed by atoms with Crippen LogP contribution in [-0.2, 0) is 11.2 Å². The average molecular weight is 443 g/mol. The maximum atomic E-state index is 10.5. The maximum absolute atomic E-state index is 10.5. The van der Waals surface area contributed by atoms with E-state index in [1.807, 2.05) is 35.7 Å². The third-order valence-corrected chi connectivity index (χ3v) is 6.81. The van der Waals surface area contributed by atoms with Gasteiger partial charge in [0.05, 0.1) is 6.61 Å². The van der Waals surface area contributed by atoms with Crippen LogP contribution in [0.2, 0.25) is 0 Å². The lowest BCUT2D eigenvalue weighted by molar-refractivity contribution is -0.232. The molecule has 0 amide bonds. The van der Waals surface area contributed by atoms with Crippen LogP contribution < -0.4 is 0 Å². The van der Waals surface area contributed by atoms with Gasteiger partial charge in [-0.05, 0) is 41.1 Å². The van der Waals surface area contributed by atoms with Gasteiger partial charge >= 0.3 is 0 Å². The molecule has 2 heterocycles. The first kappa shape index (κ1) is 22.0. The van der Waals surface area contributed by atoms with Gasteiger partial charge in [0.2, 0.25) is 0 Å². The van der Waals surface area contributed by atoms with E-state index in [-0.39, 0.29) is 11.7 Å². The Morgan fingerprint density at radius 3 is 2.35 bits per heavy atom. The Hall–Kier alpha value is -2.26. The van der Waals surface area contributed by atoms with E-state index in [0.717, 1.165) is 16.9 Å². The number of thiophene rings is 1. The van der Waals surface area contributed by atoms with Crippen molar-refractivity contribution in [2.45, 2.75) is 42.9 Å². The summed E-state index contributed by atoms with van der Waals surface area (Å²) in [6, 6.07) is 19.3. The molecule has 6 nitrogen and oxygen atoms in total. The first-order chi connectivity index (χ1) is 15.0. The maximum Gasteiger partial charge on any atom is 0.121 e. The molecule has 6 atom stereocenters. The number of phenolic OH excluding ortho intramolecular Hbond substituents is 1. The topological polar surface area (TPSA) is 110 Å². The van der Waals surface area contributed by atoms with Crippen LogP contribution in [0.1, 0.15) is 33.6 Å². The molecule has 1 aliphatic rings. The minimum Gasteiger partial charge on any atom is -0.508 e. The van der Waals surface area contributed by atoms with Crippen molar-refractivity contribution in [3.8, 4) is 5.75 Å². The van der Waals surface area contributed by atoms with Crippen molar-refractivity contribution < 1.29 is 30.3 Å². The Morgan fingerprint density at radius 2 is 1.68 bits per heavy atom. The van der Waals surface area contributed by atoms with E-state index in [0.29, 0.717) is 5.56 Å². The number of hydrogen-bond acceptors (Lipinski definition) is 7. The second-order valence-electron chi connectivity index (χ2n) is 7.83.